The molecule has 0 atom stereocenters. The van der Waals surface area contributed by atoms with E-state index in [1.54, 1.807) is 11.0 Å². The van der Waals surface area contributed by atoms with Crippen molar-refractivity contribution in [1.29, 1.82) is 0 Å². The lowest BCUT2D eigenvalue weighted by Gasteiger charge is -2.34. The highest BCUT2D eigenvalue weighted by Gasteiger charge is 2.20. The van der Waals surface area contributed by atoms with Crippen LogP contribution in [0.1, 0.15) is 26.2 Å². The molecule has 0 radical (unpaired) electrons. The molecule has 1 aromatic carbocycles. The van der Waals surface area contributed by atoms with Crippen molar-refractivity contribution in [1.82, 2.24) is 24.8 Å². The van der Waals surface area contributed by atoms with E-state index in [4.69, 9.17) is 0 Å². The Labute approximate surface area is 153 Å². The van der Waals surface area contributed by atoms with E-state index < -0.39 is 0 Å². The molecule has 0 aliphatic carbocycles. The van der Waals surface area contributed by atoms with Crippen LogP contribution in [0.4, 0.5) is 11.5 Å². The first-order valence-corrected chi connectivity index (χ1v) is 9.33. The summed E-state index contributed by atoms with van der Waals surface area (Å²) in [5, 5.41) is 16.6. The smallest absolute Gasteiger partial charge is 0.168 e. The molecule has 0 spiro atoms. The van der Waals surface area contributed by atoms with Crippen LogP contribution < -0.4 is 10.2 Å². The van der Waals surface area contributed by atoms with Gasteiger partial charge in [-0.15, -0.1) is 5.10 Å². The van der Waals surface area contributed by atoms with Gasteiger partial charge in [-0.2, -0.15) is 15.0 Å². The minimum absolute atomic E-state index is 0.451. The third-order valence-corrected chi connectivity index (χ3v) is 4.77. The number of benzene rings is 1. The molecule has 0 amide bonds. The predicted octanol–water partition coefficient (Wildman–Crippen LogP) is 2.95. The second kappa shape index (κ2) is 7.59. The minimum atomic E-state index is 0.451. The van der Waals surface area contributed by atoms with Gasteiger partial charge in [0.1, 0.15) is 0 Å². The van der Waals surface area contributed by atoms with Crippen molar-refractivity contribution < 1.29 is 0 Å². The van der Waals surface area contributed by atoms with Crippen molar-refractivity contribution >= 4 is 11.5 Å². The van der Waals surface area contributed by atoms with Gasteiger partial charge in [0, 0.05) is 37.2 Å². The molecule has 1 aliphatic rings. The second-order valence-corrected chi connectivity index (χ2v) is 6.70. The van der Waals surface area contributed by atoms with Crippen molar-refractivity contribution in [2.24, 2.45) is 0 Å². The number of hydrogen-bond acceptors (Lipinski definition) is 5. The highest BCUT2D eigenvalue weighted by atomic mass is 15.5. The summed E-state index contributed by atoms with van der Waals surface area (Å²) in [5.41, 5.74) is 2.35. The lowest BCUT2D eigenvalue weighted by molar-refractivity contribution is 0.515. The number of aromatic nitrogens is 5. The maximum atomic E-state index is 4.48. The molecule has 1 aliphatic heterocycles. The van der Waals surface area contributed by atoms with Crippen LogP contribution in [0.5, 0.6) is 0 Å². The Balaban J connectivity index is 1.35. The average Bonchev–Trinajstić information content (AvgIpc) is 3.35. The van der Waals surface area contributed by atoms with Crippen molar-refractivity contribution in [3.63, 3.8) is 0 Å². The normalized spacial score (nSPS) is 15.3. The number of nitrogens with one attached hydrogen (secondary N) is 1. The number of aryl methyl sites for hydroxylation is 1. The van der Waals surface area contributed by atoms with E-state index in [-0.39, 0.29) is 0 Å². The van der Waals surface area contributed by atoms with Gasteiger partial charge in [-0.3, -0.25) is 0 Å². The van der Waals surface area contributed by atoms with Gasteiger partial charge in [0.05, 0.1) is 18.4 Å². The van der Waals surface area contributed by atoms with Crippen LogP contribution in [0.3, 0.4) is 0 Å². The van der Waals surface area contributed by atoms with Crippen LogP contribution in [0.15, 0.2) is 48.9 Å². The molecule has 0 bridgehead atoms. The maximum absolute atomic E-state index is 4.48. The van der Waals surface area contributed by atoms with E-state index >= 15 is 0 Å². The lowest BCUT2D eigenvalue weighted by atomic mass is 10.0. The number of hydrogen-bond donors (Lipinski definition) is 1. The Morgan fingerprint density at radius 3 is 2.73 bits per heavy atom. The molecule has 7 nitrogen and oxygen atoms in total. The first kappa shape index (κ1) is 16.6. The fraction of sp³-hybridized carbons (Fsp3) is 0.421. The zero-order valence-electron chi connectivity index (χ0n) is 15.1. The standard InChI is InChI=1S/C19H25N7/c1-2-10-26-21-15-19(23-26)22-16-7-12-24(13-8-16)17-5-3-6-18(14-17)25-11-4-9-20-25/h3-6,9,11,14-16H,2,7-8,10,12-13H2,1H3,(H,22,23). The highest BCUT2D eigenvalue weighted by Crippen LogP contribution is 2.23. The molecular formula is C19H25N7. The van der Waals surface area contributed by atoms with Gasteiger partial charge in [0.25, 0.3) is 0 Å². The summed E-state index contributed by atoms with van der Waals surface area (Å²) >= 11 is 0. The van der Waals surface area contributed by atoms with Crippen molar-refractivity contribution in [2.75, 3.05) is 23.3 Å². The minimum Gasteiger partial charge on any atom is -0.371 e. The van der Waals surface area contributed by atoms with Gasteiger partial charge < -0.3 is 10.2 Å². The molecule has 1 N–H and O–H groups in total. The van der Waals surface area contributed by atoms with Crippen molar-refractivity contribution in [2.45, 2.75) is 38.8 Å². The van der Waals surface area contributed by atoms with Gasteiger partial charge in [-0.1, -0.05) is 13.0 Å². The summed E-state index contributed by atoms with van der Waals surface area (Å²) in [6.45, 7) is 5.06. The van der Waals surface area contributed by atoms with Crippen molar-refractivity contribution in [3.05, 3.63) is 48.9 Å². The largest absolute Gasteiger partial charge is 0.371 e. The van der Waals surface area contributed by atoms with Crippen LogP contribution in [-0.4, -0.2) is 43.9 Å². The summed E-state index contributed by atoms with van der Waals surface area (Å²) in [5.74, 6) is 0.887. The fourth-order valence-electron chi connectivity index (χ4n) is 3.42. The molecule has 136 valence electrons. The van der Waals surface area contributed by atoms with Gasteiger partial charge in [0.2, 0.25) is 0 Å². The molecule has 4 rings (SSSR count). The molecule has 0 saturated carbocycles. The molecule has 1 saturated heterocycles. The Hall–Kier alpha value is -2.83. The average molecular weight is 351 g/mol. The van der Waals surface area contributed by atoms with E-state index in [2.05, 4.69) is 56.7 Å². The number of rotatable bonds is 6. The lowest BCUT2D eigenvalue weighted by Crippen LogP contribution is -2.39. The Bertz CT molecular complexity index is 816. The van der Waals surface area contributed by atoms with Crippen LogP contribution in [0.25, 0.3) is 5.69 Å². The summed E-state index contributed by atoms with van der Waals surface area (Å²) in [7, 11) is 0. The van der Waals surface area contributed by atoms with E-state index in [9.17, 15) is 0 Å². The molecule has 3 aromatic rings. The van der Waals surface area contributed by atoms with E-state index in [1.807, 2.05) is 23.1 Å². The van der Waals surface area contributed by atoms with Crippen LogP contribution in [0, 0.1) is 0 Å². The quantitative estimate of drug-likeness (QED) is 0.740. The summed E-state index contributed by atoms with van der Waals surface area (Å²) < 4.78 is 1.90. The Kier molecular flexibility index (Phi) is 4.86. The van der Waals surface area contributed by atoms with E-state index in [1.165, 1.54) is 5.69 Å². The number of piperidine rings is 1. The summed E-state index contributed by atoms with van der Waals surface area (Å²) in [6, 6.07) is 11.0. The predicted molar refractivity (Wildman–Crippen MR) is 103 cm³/mol. The first-order valence-electron chi connectivity index (χ1n) is 9.33. The third-order valence-electron chi connectivity index (χ3n) is 4.77. The molecule has 7 heteroatoms. The maximum Gasteiger partial charge on any atom is 0.168 e. The molecule has 0 unspecified atom stereocenters. The molecule has 26 heavy (non-hydrogen) atoms. The van der Waals surface area contributed by atoms with Gasteiger partial charge in [-0.25, -0.2) is 4.68 Å². The van der Waals surface area contributed by atoms with Crippen LogP contribution in [-0.2, 0) is 6.54 Å². The van der Waals surface area contributed by atoms with Gasteiger partial charge in [0.15, 0.2) is 5.82 Å². The summed E-state index contributed by atoms with van der Waals surface area (Å²) in [4.78, 5) is 4.21. The summed E-state index contributed by atoms with van der Waals surface area (Å²) in [6.07, 6.45) is 8.83. The van der Waals surface area contributed by atoms with Gasteiger partial charge >= 0.3 is 0 Å². The van der Waals surface area contributed by atoms with E-state index in [0.717, 1.165) is 50.4 Å². The third kappa shape index (κ3) is 3.71. The highest BCUT2D eigenvalue weighted by molar-refractivity contribution is 5.53. The van der Waals surface area contributed by atoms with Gasteiger partial charge in [-0.05, 0) is 43.5 Å². The second-order valence-electron chi connectivity index (χ2n) is 6.70. The molecule has 1 fully saturated rings. The zero-order chi connectivity index (χ0) is 17.8. The van der Waals surface area contributed by atoms with Crippen molar-refractivity contribution in [3.8, 4) is 5.69 Å². The van der Waals surface area contributed by atoms with E-state index in [0.29, 0.717) is 6.04 Å². The molecule has 3 heterocycles. The SMILES string of the molecule is CCCn1ncc(NC2CCN(c3cccc(-n4cccn4)c3)CC2)n1. The van der Waals surface area contributed by atoms with Crippen LogP contribution >= 0.6 is 0 Å². The fourth-order valence-corrected chi connectivity index (χ4v) is 3.42. The Morgan fingerprint density at radius 2 is 1.96 bits per heavy atom. The number of anilines is 2. The molecular weight excluding hydrogens is 326 g/mol. The van der Waals surface area contributed by atoms with Crippen LogP contribution in [0.2, 0.25) is 0 Å². The Morgan fingerprint density at radius 1 is 1.12 bits per heavy atom. The zero-order valence-corrected chi connectivity index (χ0v) is 15.1. The topological polar surface area (TPSA) is 63.8 Å². The molecule has 2 aromatic heterocycles. The monoisotopic (exact) mass is 351 g/mol. The number of nitrogens with zero attached hydrogens (tertiary/aromatic N) is 6. The first-order chi connectivity index (χ1) is 12.8.